The Morgan fingerprint density at radius 1 is 1.14 bits per heavy atom. The van der Waals surface area contributed by atoms with E-state index >= 15 is 0 Å². The monoisotopic (exact) mass is 348 g/mol. The van der Waals surface area contributed by atoms with Crippen LogP contribution in [0.25, 0.3) is 0 Å². The third kappa shape index (κ3) is 3.97. The molecule has 1 heterocycles. The molecule has 0 aliphatic rings. The smallest absolute Gasteiger partial charge is 0.270 e. The number of aromatic nitrogens is 2. The van der Waals surface area contributed by atoms with Gasteiger partial charge in [0.05, 0.1) is 4.90 Å². The first-order chi connectivity index (χ1) is 9.68. The molecule has 8 nitrogen and oxygen atoms in total. The molecule has 0 saturated heterocycles. The highest BCUT2D eigenvalue weighted by atomic mass is 32.2. The second-order valence-corrected chi connectivity index (χ2v) is 9.11. The molecule has 114 valence electrons. The van der Waals surface area contributed by atoms with Gasteiger partial charge in [-0.2, -0.15) is 0 Å². The van der Waals surface area contributed by atoms with Gasteiger partial charge in [-0.25, -0.2) is 21.6 Å². The molecule has 0 aliphatic heterocycles. The second-order valence-electron chi connectivity index (χ2n) is 4.15. The van der Waals surface area contributed by atoms with Crippen molar-refractivity contribution >= 4 is 36.3 Å². The molecule has 3 N–H and O–H groups in total. The van der Waals surface area contributed by atoms with Gasteiger partial charge in [0.1, 0.15) is 0 Å². The zero-order valence-corrected chi connectivity index (χ0v) is 13.3. The van der Waals surface area contributed by atoms with E-state index < -0.39 is 19.9 Å². The minimum atomic E-state index is -3.78. The Morgan fingerprint density at radius 2 is 1.76 bits per heavy atom. The van der Waals surface area contributed by atoms with Crippen molar-refractivity contribution < 1.29 is 16.8 Å². The number of hydrogen-bond donors (Lipinski definition) is 2. The van der Waals surface area contributed by atoms with Gasteiger partial charge in [-0.1, -0.05) is 23.5 Å². The maximum absolute atomic E-state index is 11.9. The summed E-state index contributed by atoms with van der Waals surface area (Å²) in [4.78, 5) is 0.172. The summed E-state index contributed by atoms with van der Waals surface area (Å²) in [7, 11) is -7.05. The van der Waals surface area contributed by atoms with Gasteiger partial charge in [0.2, 0.25) is 9.47 Å². The average molecular weight is 348 g/mol. The molecule has 21 heavy (non-hydrogen) atoms. The van der Waals surface area contributed by atoms with Crippen LogP contribution in [0, 0.1) is 0 Å². The van der Waals surface area contributed by atoms with Gasteiger partial charge < -0.3 is 5.73 Å². The maximum atomic E-state index is 11.9. The summed E-state index contributed by atoms with van der Waals surface area (Å²) < 4.78 is 48.5. The van der Waals surface area contributed by atoms with Crippen LogP contribution in [0.2, 0.25) is 0 Å². The van der Waals surface area contributed by atoms with Crippen LogP contribution < -0.4 is 10.5 Å². The second kappa shape index (κ2) is 5.67. The standard InChI is InChI=1S/C10H12N4O4S3/c1-20(15,16)8-4-2-7(3-5-8)6-12-21(17,18)10-14-13-9(11)19-10/h2-5,12H,6H2,1H3,(H2,11,13). The van der Waals surface area contributed by atoms with E-state index in [1.165, 1.54) is 24.3 Å². The lowest BCUT2D eigenvalue weighted by molar-refractivity contribution is 0.579. The lowest BCUT2D eigenvalue weighted by atomic mass is 10.2. The molecule has 0 bridgehead atoms. The summed E-state index contributed by atoms with van der Waals surface area (Å²) in [6, 6.07) is 5.91. The lowest BCUT2D eigenvalue weighted by Gasteiger charge is -2.04. The summed E-state index contributed by atoms with van der Waals surface area (Å²) in [6.07, 6.45) is 1.10. The van der Waals surface area contributed by atoms with Crippen molar-refractivity contribution in [2.24, 2.45) is 0 Å². The SMILES string of the molecule is CS(=O)(=O)c1ccc(CNS(=O)(=O)c2nnc(N)s2)cc1. The molecule has 0 unspecified atom stereocenters. The number of nitrogen functional groups attached to an aromatic ring is 1. The first-order valence-corrected chi connectivity index (χ1v) is 9.75. The minimum Gasteiger partial charge on any atom is -0.374 e. The van der Waals surface area contributed by atoms with Crippen LogP contribution in [0.1, 0.15) is 5.56 Å². The molecule has 0 saturated carbocycles. The van der Waals surface area contributed by atoms with Crippen LogP contribution in [0.15, 0.2) is 33.5 Å². The zero-order chi connectivity index (χ0) is 15.7. The summed E-state index contributed by atoms with van der Waals surface area (Å²) in [5.41, 5.74) is 5.95. The van der Waals surface area contributed by atoms with Crippen LogP contribution in [-0.2, 0) is 26.4 Å². The fourth-order valence-electron chi connectivity index (χ4n) is 1.42. The highest BCUT2D eigenvalue weighted by Crippen LogP contribution is 2.17. The van der Waals surface area contributed by atoms with E-state index in [9.17, 15) is 16.8 Å². The number of sulfonamides is 1. The van der Waals surface area contributed by atoms with Gasteiger partial charge in [-0.15, -0.1) is 10.2 Å². The molecule has 0 amide bonds. The van der Waals surface area contributed by atoms with E-state index in [0.29, 0.717) is 5.56 Å². The number of hydrogen-bond acceptors (Lipinski definition) is 8. The summed E-state index contributed by atoms with van der Waals surface area (Å²) in [6.45, 7) is 0.00581. The number of benzene rings is 1. The third-order valence-electron chi connectivity index (χ3n) is 2.47. The quantitative estimate of drug-likeness (QED) is 0.777. The molecule has 0 fully saturated rings. The normalized spacial score (nSPS) is 12.4. The molecule has 0 atom stereocenters. The Bertz CT molecular complexity index is 841. The van der Waals surface area contributed by atoms with Crippen molar-refractivity contribution in [3.05, 3.63) is 29.8 Å². The number of anilines is 1. The Labute approximate surface area is 126 Å². The molecule has 1 aromatic heterocycles. The van der Waals surface area contributed by atoms with Crippen LogP contribution in [0.3, 0.4) is 0 Å². The summed E-state index contributed by atoms with van der Waals surface area (Å²) >= 11 is 0.761. The Morgan fingerprint density at radius 3 is 2.24 bits per heavy atom. The fourth-order valence-corrected chi connectivity index (χ4v) is 3.90. The van der Waals surface area contributed by atoms with Gasteiger partial charge in [-0.3, -0.25) is 0 Å². The van der Waals surface area contributed by atoms with Crippen LogP contribution in [0.4, 0.5) is 5.13 Å². The van der Waals surface area contributed by atoms with Crippen LogP contribution >= 0.6 is 11.3 Å². The first kappa shape index (κ1) is 15.8. The predicted molar refractivity (Wildman–Crippen MR) is 77.9 cm³/mol. The van der Waals surface area contributed by atoms with Crippen molar-refractivity contribution in [1.82, 2.24) is 14.9 Å². The molecule has 0 aliphatic carbocycles. The van der Waals surface area contributed by atoms with Crippen molar-refractivity contribution in [3.63, 3.8) is 0 Å². The Balaban J connectivity index is 2.10. The van der Waals surface area contributed by atoms with Crippen molar-refractivity contribution in [3.8, 4) is 0 Å². The van der Waals surface area contributed by atoms with E-state index in [1.54, 1.807) is 0 Å². The van der Waals surface area contributed by atoms with Gasteiger partial charge in [0.15, 0.2) is 9.84 Å². The van der Waals surface area contributed by atoms with Crippen molar-refractivity contribution in [1.29, 1.82) is 0 Å². The average Bonchev–Trinajstić information content (AvgIpc) is 2.83. The van der Waals surface area contributed by atoms with E-state index in [1.807, 2.05) is 0 Å². The van der Waals surface area contributed by atoms with E-state index in [2.05, 4.69) is 14.9 Å². The molecule has 2 aromatic rings. The minimum absolute atomic E-state index is 0.00581. The number of nitrogens with one attached hydrogen (secondary N) is 1. The number of rotatable bonds is 5. The summed E-state index contributed by atoms with van der Waals surface area (Å²) in [5, 5.41) is 6.96. The molecule has 2 rings (SSSR count). The van der Waals surface area contributed by atoms with Gasteiger partial charge in [-0.05, 0) is 17.7 Å². The molecular weight excluding hydrogens is 336 g/mol. The van der Waals surface area contributed by atoms with Crippen molar-refractivity contribution in [2.75, 3.05) is 12.0 Å². The van der Waals surface area contributed by atoms with Gasteiger partial charge >= 0.3 is 0 Å². The highest BCUT2D eigenvalue weighted by molar-refractivity contribution is 7.91. The Hall–Kier alpha value is -1.56. The van der Waals surface area contributed by atoms with E-state index in [0.717, 1.165) is 17.6 Å². The third-order valence-corrected chi connectivity index (χ3v) is 6.12. The van der Waals surface area contributed by atoms with E-state index in [4.69, 9.17) is 5.73 Å². The lowest BCUT2D eigenvalue weighted by Crippen LogP contribution is -2.23. The van der Waals surface area contributed by atoms with Crippen LogP contribution in [-0.4, -0.2) is 33.3 Å². The largest absolute Gasteiger partial charge is 0.374 e. The maximum Gasteiger partial charge on any atom is 0.270 e. The Kier molecular flexibility index (Phi) is 4.27. The predicted octanol–water partition coefficient (Wildman–Crippen LogP) is 0.00230. The van der Waals surface area contributed by atoms with Gasteiger partial charge in [0, 0.05) is 12.8 Å². The molecule has 0 radical (unpaired) electrons. The number of nitrogens with two attached hydrogens (primary N) is 1. The molecular formula is C10H12N4O4S3. The molecule has 11 heteroatoms. The van der Waals surface area contributed by atoms with Gasteiger partial charge in [0.25, 0.3) is 10.0 Å². The summed E-state index contributed by atoms with van der Waals surface area (Å²) in [5.74, 6) is 0. The number of sulfone groups is 1. The fraction of sp³-hybridized carbons (Fsp3) is 0.200. The topological polar surface area (TPSA) is 132 Å². The highest BCUT2D eigenvalue weighted by Gasteiger charge is 2.19. The molecule has 1 aromatic carbocycles. The zero-order valence-electron chi connectivity index (χ0n) is 10.8. The number of nitrogens with zero attached hydrogens (tertiary/aromatic N) is 2. The first-order valence-electron chi connectivity index (χ1n) is 5.56. The van der Waals surface area contributed by atoms with Crippen molar-refractivity contribution in [2.45, 2.75) is 15.8 Å². The van der Waals surface area contributed by atoms with E-state index in [-0.39, 0.29) is 20.9 Å². The van der Waals surface area contributed by atoms with Crippen LogP contribution in [0.5, 0.6) is 0 Å². The molecule has 0 spiro atoms.